The van der Waals surface area contributed by atoms with Crippen LogP contribution in [-0.2, 0) is 4.79 Å². The molecule has 2 fully saturated rings. The number of amides is 1. The summed E-state index contributed by atoms with van der Waals surface area (Å²) in [5.41, 5.74) is 0.749. The van der Waals surface area contributed by atoms with Crippen LogP contribution >= 0.6 is 0 Å². The summed E-state index contributed by atoms with van der Waals surface area (Å²) in [6.45, 7) is 0. The van der Waals surface area contributed by atoms with Crippen LogP contribution < -0.4 is 15.4 Å². The predicted octanol–water partition coefficient (Wildman–Crippen LogP) is 4.48. The first-order valence-electron chi connectivity index (χ1n) is 9.23. The fraction of sp³-hybridized carbons (Fsp3) is 0.381. The van der Waals surface area contributed by atoms with E-state index in [1.165, 1.54) is 25.0 Å². The lowest BCUT2D eigenvalue weighted by Crippen LogP contribution is -2.39. The van der Waals surface area contributed by atoms with E-state index in [0.29, 0.717) is 35.9 Å². The van der Waals surface area contributed by atoms with Crippen LogP contribution in [0.15, 0.2) is 48.5 Å². The molecule has 2 atom stereocenters. The van der Waals surface area contributed by atoms with Crippen molar-refractivity contribution in [2.45, 2.75) is 44.2 Å². The van der Waals surface area contributed by atoms with E-state index in [9.17, 15) is 9.18 Å². The number of anilines is 1. The Morgan fingerprint density at radius 2 is 1.81 bits per heavy atom. The van der Waals surface area contributed by atoms with Crippen molar-refractivity contribution in [3.63, 3.8) is 0 Å². The van der Waals surface area contributed by atoms with E-state index >= 15 is 0 Å². The normalized spacial score (nSPS) is 24.3. The average molecular weight is 354 g/mol. The van der Waals surface area contributed by atoms with Gasteiger partial charge in [0.2, 0.25) is 5.91 Å². The van der Waals surface area contributed by atoms with E-state index in [1.54, 1.807) is 36.4 Å². The summed E-state index contributed by atoms with van der Waals surface area (Å²) in [5.74, 6) is 1.25. The molecular weight excluding hydrogens is 331 g/mol. The van der Waals surface area contributed by atoms with Gasteiger partial charge in [0, 0.05) is 30.3 Å². The Balaban J connectivity index is 1.30. The highest BCUT2D eigenvalue weighted by Gasteiger charge is 2.34. The Bertz CT molecular complexity index is 766. The van der Waals surface area contributed by atoms with Crippen LogP contribution in [-0.4, -0.2) is 18.0 Å². The SMILES string of the molecule is O=C(CC1CC2CCC(C1)N2)Nc1ccc(Oc2cccc(F)c2)cc1. The fourth-order valence-electron chi connectivity index (χ4n) is 4.09. The highest BCUT2D eigenvalue weighted by atomic mass is 19.1. The Hall–Kier alpha value is -2.40. The van der Waals surface area contributed by atoms with E-state index in [-0.39, 0.29) is 11.7 Å². The van der Waals surface area contributed by atoms with Crippen molar-refractivity contribution >= 4 is 11.6 Å². The van der Waals surface area contributed by atoms with Crippen molar-refractivity contribution in [1.29, 1.82) is 0 Å². The van der Waals surface area contributed by atoms with Gasteiger partial charge in [0.25, 0.3) is 0 Å². The molecule has 26 heavy (non-hydrogen) atoms. The van der Waals surface area contributed by atoms with E-state index in [2.05, 4.69) is 10.6 Å². The zero-order valence-corrected chi connectivity index (χ0v) is 14.6. The molecule has 0 radical (unpaired) electrons. The van der Waals surface area contributed by atoms with Crippen LogP contribution in [0.4, 0.5) is 10.1 Å². The van der Waals surface area contributed by atoms with Crippen molar-refractivity contribution in [3.8, 4) is 11.5 Å². The molecule has 2 N–H and O–H groups in total. The number of piperidine rings is 1. The molecule has 0 aliphatic carbocycles. The van der Waals surface area contributed by atoms with Gasteiger partial charge in [-0.3, -0.25) is 4.79 Å². The molecule has 2 unspecified atom stereocenters. The quantitative estimate of drug-likeness (QED) is 0.832. The van der Waals surface area contributed by atoms with E-state index in [4.69, 9.17) is 4.74 Å². The molecule has 0 spiro atoms. The summed E-state index contributed by atoms with van der Waals surface area (Å²) in [7, 11) is 0. The largest absolute Gasteiger partial charge is 0.457 e. The zero-order chi connectivity index (χ0) is 17.9. The molecule has 4 nitrogen and oxygen atoms in total. The lowest BCUT2D eigenvalue weighted by molar-refractivity contribution is -0.117. The molecule has 2 aliphatic rings. The number of ether oxygens (including phenoxy) is 1. The summed E-state index contributed by atoms with van der Waals surface area (Å²) in [4.78, 5) is 12.3. The summed E-state index contributed by atoms with van der Waals surface area (Å²) in [6.07, 6.45) is 5.27. The Labute approximate surface area is 152 Å². The number of hydrogen-bond acceptors (Lipinski definition) is 3. The van der Waals surface area contributed by atoms with Crippen LogP contribution in [0.25, 0.3) is 0 Å². The van der Waals surface area contributed by atoms with Crippen LogP contribution in [0.2, 0.25) is 0 Å². The third-order valence-electron chi connectivity index (χ3n) is 5.21. The second kappa shape index (κ2) is 7.46. The highest BCUT2D eigenvalue weighted by Crippen LogP contribution is 2.33. The summed E-state index contributed by atoms with van der Waals surface area (Å²) < 4.78 is 18.8. The van der Waals surface area contributed by atoms with Gasteiger partial charge in [-0.25, -0.2) is 4.39 Å². The number of fused-ring (bicyclic) bond motifs is 2. The maximum Gasteiger partial charge on any atom is 0.224 e. The number of hydrogen-bond donors (Lipinski definition) is 2. The highest BCUT2D eigenvalue weighted by molar-refractivity contribution is 5.90. The minimum atomic E-state index is -0.335. The average Bonchev–Trinajstić information content (AvgIpc) is 2.95. The summed E-state index contributed by atoms with van der Waals surface area (Å²) in [6, 6.07) is 14.4. The van der Waals surface area contributed by atoms with Gasteiger partial charge in [-0.15, -0.1) is 0 Å². The zero-order valence-electron chi connectivity index (χ0n) is 14.6. The first-order valence-corrected chi connectivity index (χ1v) is 9.23. The molecule has 0 saturated carbocycles. The molecule has 0 aromatic heterocycles. The molecule has 2 heterocycles. The van der Waals surface area contributed by atoms with Crippen LogP contribution in [0.5, 0.6) is 11.5 Å². The molecule has 2 aromatic rings. The van der Waals surface area contributed by atoms with Gasteiger partial charge in [-0.1, -0.05) is 6.07 Å². The van der Waals surface area contributed by atoms with Gasteiger partial charge in [0.15, 0.2) is 0 Å². The fourth-order valence-corrected chi connectivity index (χ4v) is 4.09. The Morgan fingerprint density at radius 3 is 2.50 bits per heavy atom. The third kappa shape index (κ3) is 4.22. The van der Waals surface area contributed by atoms with Crippen molar-refractivity contribution < 1.29 is 13.9 Å². The number of carbonyl (C=O) groups excluding carboxylic acids is 1. The van der Waals surface area contributed by atoms with Gasteiger partial charge in [0.05, 0.1) is 0 Å². The lowest BCUT2D eigenvalue weighted by Gasteiger charge is -2.28. The minimum Gasteiger partial charge on any atom is -0.457 e. The van der Waals surface area contributed by atoms with Crippen molar-refractivity contribution in [2.24, 2.45) is 5.92 Å². The second-order valence-corrected chi connectivity index (χ2v) is 7.31. The third-order valence-corrected chi connectivity index (χ3v) is 5.21. The lowest BCUT2D eigenvalue weighted by atomic mass is 9.89. The van der Waals surface area contributed by atoms with Crippen LogP contribution in [0.3, 0.4) is 0 Å². The maximum absolute atomic E-state index is 13.2. The number of nitrogens with one attached hydrogen (secondary N) is 2. The number of carbonyl (C=O) groups is 1. The molecule has 5 heteroatoms. The smallest absolute Gasteiger partial charge is 0.224 e. The van der Waals surface area contributed by atoms with Crippen molar-refractivity contribution in [2.75, 3.05) is 5.32 Å². The topological polar surface area (TPSA) is 50.4 Å². The number of benzene rings is 2. The monoisotopic (exact) mass is 354 g/mol. The molecule has 1 amide bonds. The van der Waals surface area contributed by atoms with Crippen molar-refractivity contribution in [1.82, 2.24) is 5.32 Å². The van der Waals surface area contributed by atoms with Gasteiger partial charge in [0.1, 0.15) is 17.3 Å². The second-order valence-electron chi connectivity index (χ2n) is 7.31. The summed E-state index contributed by atoms with van der Waals surface area (Å²) in [5, 5.41) is 6.57. The molecular formula is C21H23FN2O2. The molecule has 2 aliphatic heterocycles. The van der Waals surface area contributed by atoms with Crippen LogP contribution in [0, 0.1) is 11.7 Å². The van der Waals surface area contributed by atoms with Gasteiger partial charge in [-0.2, -0.15) is 0 Å². The standard InChI is InChI=1S/C21H23FN2O2/c22-15-2-1-3-20(13-15)26-19-8-6-16(7-9-19)24-21(25)12-14-10-17-4-5-18(11-14)23-17/h1-3,6-9,13-14,17-18,23H,4-5,10-12H2,(H,24,25). The number of halogens is 1. The first-order chi connectivity index (χ1) is 12.6. The van der Waals surface area contributed by atoms with E-state index in [1.807, 2.05) is 0 Å². The van der Waals surface area contributed by atoms with Gasteiger partial charge < -0.3 is 15.4 Å². The van der Waals surface area contributed by atoms with E-state index < -0.39 is 0 Å². The van der Waals surface area contributed by atoms with Crippen LogP contribution in [0.1, 0.15) is 32.1 Å². The van der Waals surface area contributed by atoms with Gasteiger partial charge >= 0.3 is 0 Å². The van der Waals surface area contributed by atoms with Gasteiger partial charge in [-0.05, 0) is 68.0 Å². The van der Waals surface area contributed by atoms with Crippen molar-refractivity contribution in [3.05, 3.63) is 54.3 Å². The molecule has 4 rings (SSSR count). The molecule has 2 bridgehead atoms. The predicted molar refractivity (Wildman–Crippen MR) is 98.8 cm³/mol. The van der Waals surface area contributed by atoms with E-state index in [0.717, 1.165) is 18.5 Å². The molecule has 2 saturated heterocycles. The maximum atomic E-state index is 13.2. The molecule has 2 aromatic carbocycles. The summed E-state index contributed by atoms with van der Waals surface area (Å²) >= 11 is 0. The molecule has 136 valence electrons. The number of rotatable bonds is 5. The Kier molecular flexibility index (Phi) is 4.89. The first kappa shape index (κ1) is 17.0. The minimum absolute atomic E-state index is 0.0649. The Morgan fingerprint density at radius 1 is 1.08 bits per heavy atom.